The Kier molecular flexibility index (Phi) is 5.42. The highest BCUT2D eigenvalue weighted by Gasteiger charge is 2.33. The van der Waals surface area contributed by atoms with E-state index in [0.717, 1.165) is 22.3 Å². The second-order valence-electron chi connectivity index (χ2n) is 7.17. The summed E-state index contributed by atoms with van der Waals surface area (Å²) in [5.74, 6) is -1.24. The third kappa shape index (κ3) is 3.52. The van der Waals surface area contributed by atoms with Gasteiger partial charge in [0.1, 0.15) is 11.4 Å². The molecule has 0 saturated heterocycles. The average Bonchev–Trinajstić information content (AvgIpc) is 3.13. The fourth-order valence-corrected chi connectivity index (χ4v) is 3.65. The van der Waals surface area contributed by atoms with E-state index >= 15 is 0 Å². The summed E-state index contributed by atoms with van der Waals surface area (Å²) < 4.78 is 12.4. The normalized spacial score (nSPS) is 11.1. The van der Waals surface area contributed by atoms with Crippen LogP contribution < -0.4 is 0 Å². The zero-order valence-corrected chi connectivity index (χ0v) is 17.9. The van der Waals surface area contributed by atoms with Crippen LogP contribution in [-0.4, -0.2) is 39.7 Å². The molecule has 7 heteroatoms. The number of hydrogen-bond acceptors (Lipinski definition) is 6. The highest BCUT2D eigenvalue weighted by molar-refractivity contribution is 6.05. The van der Waals surface area contributed by atoms with Crippen molar-refractivity contribution in [2.45, 2.75) is 27.7 Å². The van der Waals surface area contributed by atoms with Crippen molar-refractivity contribution in [3.05, 3.63) is 65.0 Å². The lowest BCUT2D eigenvalue weighted by Gasteiger charge is -2.19. The van der Waals surface area contributed by atoms with Gasteiger partial charge in [0.15, 0.2) is 11.4 Å². The van der Waals surface area contributed by atoms with E-state index in [1.807, 2.05) is 60.9 Å². The van der Waals surface area contributed by atoms with Crippen LogP contribution in [-0.2, 0) is 9.47 Å². The topological polar surface area (TPSA) is 83.3 Å². The Labute approximate surface area is 180 Å². The predicted octanol–water partition coefficient (Wildman–Crippen LogP) is 4.50. The Bertz CT molecular complexity index is 1260. The summed E-state index contributed by atoms with van der Waals surface area (Å²) in [6.07, 6.45) is 0. The summed E-state index contributed by atoms with van der Waals surface area (Å²) in [5, 5.41) is 0. The molecule has 0 fully saturated rings. The summed E-state index contributed by atoms with van der Waals surface area (Å²) in [4.78, 5) is 34.6. The van der Waals surface area contributed by atoms with Crippen molar-refractivity contribution in [2.75, 3.05) is 13.2 Å². The second-order valence-corrected chi connectivity index (χ2v) is 7.17. The molecule has 0 saturated carbocycles. The van der Waals surface area contributed by atoms with Crippen LogP contribution in [0.5, 0.6) is 0 Å². The van der Waals surface area contributed by atoms with E-state index in [2.05, 4.69) is 4.98 Å². The Morgan fingerprint density at radius 2 is 1.52 bits per heavy atom. The highest BCUT2D eigenvalue weighted by atomic mass is 16.5. The van der Waals surface area contributed by atoms with Crippen molar-refractivity contribution in [2.24, 2.45) is 0 Å². The van der Waals surface area contributed by atoms with Gasteiger partial charge in [-0.25, -0.2) is 19.6 Å². The molecule has 31 heavy (non-hydrogen) atoms. The summed E-state index contributed by atoms with van der Waals surface area (Å²) in [7, 11) is 0. The minimum Gasteiger partial charge on any atom is -0.461 e. The van der Waals surface area contributed by atoms with Gasteiger partial charge < -0.3 is 14.0 Å². The minimum atomic E-state index is -0.627. The fraction of sp³-hybridized carbons (Fsp3) is 0.250. The van der Waals surface area contributed by atoms with E-state index in [-0.39, 0.29) is 24.6 Å². The molecule has 7 nitrogen and oxygen atoms in total. The number of ether oxygens (including phenoxy) is 2. The lowest BCUT2D eigenvalue weighted by atomic mass is 10.1. The van der Waals surface area contributed by atoms with Gasteiger partial charge in [-0.15, -0.1) is 0 Å². The van der Waals surface area contributed by atoms with Crippen molar-refractivity contribution < 1.29 is 19.1 Å². The predicted molar refractivity (Wildman–Crippen MR) is 117 cm³/mol. The molecule has 0 radical (unpaired) electrons. The zero-order valence-electron chi connectivity index (χ0n) is 17.9. The number of esters is 2. The van der Waals surface area contributed by atoms with E-state index in [1.54, 1.807) is 13.8 Å². The molecule has 0 spiro atoms. The maximum absolute atomic E-state index is 12.8. The van der Waals surface area contributed by atoms with Crippen LogP contribution >= 0.6 is 0 Å². The number of rotatable bonds is 5. The van der Waals surface area contributed by atoms with Crippen molar-refractivity contribution in [3.63, 3.8) is 0 Å². The summed E-state index contributed by atoms with van der Waals surface area (Å²) >= 11 is 0. The maximum Gasteiger partial charge on any atom is 0.359 e. The Morgan fingerprint density at radius 3 is 2.16 bits per heavy atom. The van der Waals surface area contributed by atoms with E-state index in [1.165, 1.54) is 0 Å². The minimum absolute atomic E-state index is 0.00386. The van der Waals surface area contributed by atoms with Crippen molar-refractivity contribution >= 4 is 23.0 Å². The summed E-state index contributed by atoms with van der Waals surface area (Å²) in [5.41, 5.74) is 5.18. The molecule has 4 rings (SSSR count). The van der Waals surface area contributed by atoms with Crippen LogP contribution in [0.1, 0.15) is 46.0 Å². The van der Waals surface area contributed by atoms with Crippen LogP contribution in [0.4, 0.5) is 0 Å². The molecule has 0 N–H and O–H groups in total. The molecule has 2 aromatic carbocycles. The van der Waals surface area contributed by atoms with Gasteiger partial charge in [0.05, 0.1) is 24.2 Å². The van der Waals surface area contributed by atoms with Crippen LogP contribution in [0.25, 0.3) is 28.1 Å². The first-order chi connectivity index (χ1) is 15.0. The number of carbonyl (C=O) groups is 2. The maximum atomic E-state index is 12.8. The third-order valence-electron chi connectivity index (χ3n) is 5.02. The highest BCUT2D eigenvalue weighted by Crippen LogP contribution is 2.36. The van der Waals surface area contributed by atoms with E-state index in [4.69, 9.17) is 14.5 Å². The lowest BCUT2D eigenvalue weighted by molar-refractivity contribution is 0.0517. The number of aromatic nitrogens is 3. The first-order valence-electron chi connectivity index (χ1n) is 10.2. The van der Waals surface area contributed by atoms with Crippen molar-refractivity contribution in [1.82, 2.24) is 14.5 Å². The molecule has 0 bridgehead atoms. The molecule has 0 aromatic heterocycles. The van der Waals surface area contributed by atoms with Gasteiger partial charge in [-0.2, -0.15) is 0 Å². The number of aryl methyl sites for hydroxylation is 2. The van der Waals surface area contributed by atoms with Gasteiger partial charge >= 0.3 is 11.9 Å². The van der Waals surface area contributed by atoms with Gasteiger partial charge in [-0.05, 0) is 51.5 Å². The van der Waals surface area contributed by atoms with E-state index in [0.29, 0.717) is 16.9 Å². The Hall–Kier alpha value is -3.74. The molecule has 0 amide bonds. The van der Waals surface area contributed by atoms with Gasteiger partial charge in [0.25, 0.3) is 0 Å². The molecule has 158 valence electrons. The smallest absolute Gasteiger partial charge is 0.359 e. The SMILES string of the molecule is CCOC(=O)c1nc(C(=O)OCC)c2n(-c3ccc(C)cc3)c3c(C)cccc3nc1-2. The Morgan fingerprint density at radius 1 is 0.871 bits per heavy atom. The quantitative estimate of drug-likeness (QED) is 0.445. The number of fused-ring (bicyclic) bond motifs is 2. The van der Waals surface area contributed by atoms with Crippen LogP contribution in [0.2, 0.25) is 0 Å². The van der Waals surface area contributed by atoms with Crippen LogP contribution in [0, 0.1) is 13.8 Å². The standard InChI is InChI=1S/C24H23N3O4/c1-5-30-23(28)19-18-22(20(26-19)24(29)31-6-2)27(16-12-10-14(3)11-13-16)21-15(4)8-7-9-17(21)25-18/h7-13H,5-6H2,1-4H3. The van der Waals surface area contributed by atoms with Crippen LogP contribution in [0.15, 0.2) is 42.5 Å². The molecular weight excluding hydrogens is 394 g/mol. The van der Waals surface area contributed by atoms with Crippen molar-refractivity contribution in [3.8, 4) is 17.1 Å². The molecule has 0 aliphatic carbocycles. The Balaban J connectivity index is 2.16. The van der Waals surface area contributed by atoms with Crippen LogP contribution in [0.3, 0.4) is 0 Å². The lowest BCUT2D eigenvalue weighted by Crippen LogP contribution is -2.12. The first kappa shape index (κ1) is 20.5. The molecule has 2 aliphatic heterocycles. The number of para-hydroxylation sites is 1. The van der Waals surface area contributed by atoms with Crippen molar-refractivity contribution in [1.29, 1.82) is 0 Å². The third-order valence-corrected chi connectivity index (χ3v) is 5.02. The number of benzene rings is 2. The van der Waals surface area contributed by atoms with E-state index < -0.39 is 11.9 Å². The van der Waals surface area contributed by atoms with Gasteiger partial charge in [0, 0.05) is 5.69 Å². The largest absolute Gasteiger partial charge is 0.461 e. The fourth-order valence-electron chi connectivity index (χ4n) is 3.65. The molecule has 2 aromatic rings. The van der Waals surface area contributed by atoms with Gasteiger partial charge in [0.2, 0.25) is 0 Å². The second kappa shape index (κ2) is 8.18. The first-order valence-corrected chi connectivity index (χ1v) is 10.2. The molecule has 0 unspecified atom stereocenters. The van der Waals surface area contributed by atoms with Gasteiger partial charge in [-0.3, -0.25) is 0 Å². The monoisotopic (exact) mass is 417 g/mol. The number of nitrogens with zero attached hydrogens (tertiary/aromatic N) is 3. The number of carbonyl (C=O) groups excluding carboxylic acids is 2. The van der Waals surface area contributed by atoms with E-state index in [9.17, 15) is 9.59 Å². The average molecular weight is 417 g/mol. The molecule has 2 aliphatic rings. The molecular formula is C24H23N3O4. The molecule has 2 heterocycles. The number of hydrogen-bond donors (Lipinski definition) is 0. The summed E-state index contributed by atoms with van der Waals surface area (Å²) in [6.45, 7) is 7.80. The molecule has 0 atom stereocenters. The van der Waals surface area contributed by atoms with Gasteiger partial charge in [-0.1, -0.05) is 29.8 Å². The zero-order chi connectivity index (χ0) is 22.1. The summed E-state index contributed by atoms with van der Waals surface area (Å²) in [6, 6.07) is 13.7.